The zero-order chi connectivity index (χ0) is 11.5. The molecule has 0 bridgehead atoms. The van der Waals surface area contributed by atoms with Crippen molar-refractivity contribution in [3.8, 4) is 0 Å². The third-order valence-electron chi connectivity index (χ3n) is 2.55. The van der Waals surface area contributed by atoms with E-state index in [1.807, 2.05) is 38.1 Å². The Bertz CT molecular complexity index is 514. The van der Waals surface area contributed by atoms with Crippen molar-refractivity contribution in [3.63, 3.8) is 0 Å². The maximum absolute atomic E-state index is 11.7. The number of nitrogens with one attached hydrogen (secondary N) is 1. The van der Waals surface area contributed by atoms with Gasteiger partial charge in [0.25, 0.3) is 0 Å². The Labute approximate surface area is 94.4 Å². The summed E-state index contributed by atoms with van der Waals surface area (Å²) >= 11 is 0. The fourth-order valence-corrected chi connectivity index (χ4v) is 1.67. The number of benzene rings is 1. The average molecular weight is 217 g/mol. The van der Waals surface area contributed by atoms with E-state index in [1.165, 1.54) is 0 Å². The molecule has 84 valence electrons. The molecule has 0 radical (unpaired) electrons. The van der Waals surface area contributed by atoms with Crippen molar-refractivity contribution >= 4 is 16.8 Å². The zero-order valence-corrected chi connectivity index (χ0v) is 9.54. The Morgan fingerprint density at radius 1 is 1.44 bits per heavy atom. The van der Waals surface area contributed by atoms with Crippen LogP contribution in [-0.4, -0.2) is 18.9 Å². The highest BCUT2D eigenvalue weighted by Crippen LogP contribution is 2.22. The fourth-order valence-electron chi connectivity index (χ4n) is 1.67. The predicted octanol–water partition coefficient (Wildman–Crippen LogP) is 2.53. The molecule has 1 N–H and O–H groups in total. The highest BCUT2D eigenvalue weighted by atomic mass is 16.3. The first-order valence-corrected chi connectivity index (χ1v) is 5.45. The van der Waals surface area contributed by atoms with E-state index in [2.05, 4.69) is 5.32 Å². The number of aryl methyl sites for hydroxylation is 1. The molecule has 0 unspecified atom stereocenters. The summed E-state index contributed by atoms with van der Waals surface area (Å²) in [7, 11) is 0. The molecule has 3 heteroatoms. The molecule has 16 heavy (non-hydrogen) atoms. The molecule has 0 aliphatic carbocycles. The first kappa shape index (κ1) is 10.9. The van der Waals surface area contributed by atoms with Crippen molar-refractivity contribution in [3.05, 3.63) is 35.6 Å². The van der Waals surface area contributed by atoms with Gasteiger partial charge in [-0.2, -0.15) is 0 Å². The molecule has 1 heterocycles. The maximum Gasteiger partial charge on any atom is 0.211 e. The minimum absolute atomic E-state index is 0.00236. The lowest BCUT2D eigenvalue weighted by atomic mass is 10.2. The summed E-state index contributed by atoms with van der Waals surface area (Å²) in [5.41, 5.74) is 1.86. The number of hydrogen-bond acceptors (Lipinski definition) is 3. The summed E-state index contributed by atoms with van der Waals surface area (Å²) in [5.74, 6) is 0.433. The number of carbonyl (C=O) groups excluding carboxylic acids is 1. The minimum atomic E-state index is -0.00236. The quantitative estimate of drug-likeness (QED) is 0.800. The van der Waals surface area contributed by atoms with Crippen molar-refractivity contribution in [1.82, 2.24) is 5.32 Å². The van der Waals surface area contributed by atoms with Gasteiger partial charge >= 0.3 is 0 Å². The van der Waals surface area contributed by atoms with Gasteiger partial charge in [0, 0.05) is 5.39 Å². The third kappa shape index (κ3) is 1.99. The summed E-state index contributed by atoms with van der Waals surface area (Å²) in [6.07, 6.45) is 0. The van der Waals surface area contributed by atoms with Crippen LogP contribution in [0.25, 0.3) is 11.0 Å². The van der Waals surface area contributed by atoms with Crippen LogP contribution in [0, 0.1) is 6.92 Å². The molecule has 3 nitrogen and oxygen atoms in total. The molecule has 0 amide bonds. The second-order valence-electron chi connectivity index (χ2n) is 3.81. The van der Waals surface area contributed by atoms with Crippen LogP contribution in [0.3, 0.4) is 0 Å². The van der Waals surface area contributed by atoms with Crippen LogP contribution in [0.1, 0.15) is 23.0 Å². The van der Waals surface area contributed by atoms with Gasteiger partial charge in [-0.1, -0.05) is 25.1 Å². The first-order chi connectivity index (χ1) is 7.72. The van der Waals surface area contributed by atoms with E-state index in [1.54, 1.807) is 0 Å². The van der Waals surface area contributed by atoms with Gasteiger partial charge in [-0.25, -0.2) is 0 Å². The minimum Gasteiger partial charge on any atom is -0.453 e. The lowest BCUT2D eigenvalue weighted by Gasteiger charge is -1.97. The highest BCUT2D eigenvalue weighted by molar-refractivity contribution is 5.99. The number of carbonyl (C=O) groups is 1. The Morgan fingerprint density at radius 2 is 2.25 bits per heavy atom. The van der Waals surface area contributed by atoms with E-state index in [0.717, 1.165) is 23.1 Å². The van der Waals surface area contributed by atoms with Gasteiger partial charge in [0.2, 0.25) is 5.78 Å². The van der Waals surface area contributed by atoms with Gasteiger partial charge in [-0.3, -0.25) is 4.79 Å². The summed E-state index contributed by atoms with van der Waals surface area (Å²) in [6.45, 7) is 5.06. The van der Waals surface area contributed by atoms with Crippen LogP contribution < -0.4 is 5.32 Å². The molecule has 0 saturated carbocycles. The van der Waals surface area contributed by atoms with Crippen molar-refractivity contribution in [2.75, 3.05) is 13.1 Å². The van der Waals surface area contributed by atoms with Crippen molar-refractivity contribution in [2.24, 2.45) is 0 Å². The van der Waals surface area contributed by atoms with Gasteiger partial charge in [0.1, 0.15) is 5.58 Å². The molecular weight excluding hydrogens is 202 g/mol. The topological polar surface area (TPSA) is 42.2 Å². The summed E-state index contributed by atoms with van der Waals surface area (Å²) in [5, 5.41) is 3.98. The Kier molecular flexibility index (Phi) is 3.06. The van der Waals surface area contributed by atoms with Crippen LogP contribution in [-0.2, 0) is 0 Å². The monoisotopic (exact) mass is 217 g/mol. The molecule has 0 aliphatic rings. The molecule has 0 atom stereocenters. The van der Waals surface area contributed by atoms with Gasteiger partial charge < -0.3 is 9.73 Å². The number of hydrogen-bond donors (Lipinski definition) is 1. The molecule has 2 aromatic rings. The van der Waals surface area contributed by atoms with Crippen LogP contribution in [0.4, 0.5) is 0 Å². The summed E-state index contributed by atoms with van der Waals surface area (Å²) in [6, 6.07) is 7.70. The van der Waals surface area contributed by atoms with Gasteiger partial charge in [0.15, 0.2) is 5.76 Å². The molecule has 2 rings (SSSR count). The molecule has 1 aromatic heterocycles. The predicted molar refractivity (Wildman–Crippen MR) is 63.8 cm³/mol. The number of Topliss-reactive ketones (excluding diaryl/α,β-unsaturated/α-hetero) is 1. The SMILES string of the molecule is CCNCC(=O)c1cc2cccc(C)c2o1. The lowest BCUT2D eigenvalue weighted by Crippen LogP contribution is -2.22. The maximum atomic E-state index is 11.7. The Balaban J connectivity index is 2.32. The van der Waals surface area contributed by atoms with Crippen LogP contribution in [0.5, 0.6) is 0 Å². The molecule has 0 saturated heterocycles. The van der Waals surface area contributed by atoms with Gasteiger partial charge in [0.05, 0.1) is 6.54 Å². The first-order valence-electron chi connectivity index (χ1n) is 5.45. The van der Waals surface area contributed by atoms with Crippen molar-refractivity contribution in [1.29, 1.82) is 0 Å². The van der Waals surface area contributed by atoms with E-state index in [0.29, 0.717) is 12.3 Å². The number of fused-ring (bicyclic) bond motifs is 1. The second kappa shape index (κ2) is 4.49. The molecule has 0 aliphatic heterocycles. The van der Waals surface area contributed by atoms with E-state index < -0.39 is 0 Å². The Hall–Kier alpha value is -1.61. The molecular formula is C13H15NO2. The molecule has 0 fully saturated rings. The number of para-hydroxylation sites is 1. The van der Waals surface area contributed by atoms with Crippen molar-refractivity contribution in [2.45, 2.75) is 13.8 Å². The summed E-state index contributed by atoms with van der Waals surface area (Å²) in [4.78, 5) is 11.7. The van der Waals surface area contributed by atoms with Crippen LogP contribution in [0.2, 0.25) is 0 Å². The smallest absolute Gasteiger partial charge is 0.211 e. The Morgan fingerprint density at radius 3 is 2.94 bits per heavy atom. The number of rotatable bonds is 4. The molecule has 0 spiro atoms. The average Bonchev–Trinajstić information content (AvgIpc) is 2.71. The van der Waals surface area contributed by atoms with E-state index in [9.17, 15) is 4.79 Å². The van der Waals surface area contributed by atoms with Gasteiger partial charge in [-0.05, 0) is 25.1 Å². The normalized spacial score (nSPS) is 10.9. The van der Waals surface area contributed by atoms with Crippen LogP contribution >= 0.6 is 0 Å². The molecule has 1 aromatic carbocycles. The van der Waals surface area contributed by atoms with Crippen LogP contribution in [0.15, 0.2) is 28.7 Å². The van der Waals surface area contributed by atoms with E-state index >= 15 is 0 Å². The number of ketones is 1. The van der Waals surface area contributed by atoms with E-state index in [-0.39, 0.29) is 5.78 Å². The lowest BCUT2D eigenvalue weighted by molar-refractivity contribution is 0.0967. The number of likely N-dealkylation sites (N-methyl/N-ethyl adjacent to an activating group) is 1. The second-order valence-corrected chi connectivity index (χ2v) is 3.81. The van der Waals surface area contributed by atoms with Gasteiger partial charge in [-0.15, -0.1) is 0 Å². The largest absolute Gasteiger partial charge is 0.453 e. The standard InChI is InChI=1S/C13H15NO2/c1-3-14-8-11(15)12-7-10-6-4-5-9(2)13(10)16-12/h4-7,14H,3,8H2,1-2H3. The summed E-state index contributed by atoms with van der Waals surface area (Å²) < 4.78 is 5.57. The number of furan rings is 1. The van der Waals surface area contributed by atoms with E-state index in [4.69, 9.17) is 4.42 Å². The highest BCUT2D eigenvalue weighted by Gasteiger charge is 2.12. The van der Waals surface area contributed by atoms with Crippen molar-refractivity contribution < 1.29 is 9.21 Å². The fraction of sp³-hybridized carbons (Fsp3) is 0.308. The third-order valence-corrected chi connectivity index (χ3v) is 2.55. The zero-order valence-electron chi connectivity index (χ0n) is 9.54.